The van der Waals surface area contributed by atoms with E-state index < -0.39 is 9.84 Å². The van der Waals surface area contributed by atoms with Gasteiger partial charge in [-0.2, -0.15) is 0 Å². The number of sulfone groups is 1. The van der Waals surface area contributed by atoms with E-state index >= 15 is 0 Å². The largest absolute Gasteiger partial charge is 0.357 e. The van der Waals surface area contributed by atoms with Crippen LogP contribution >= 0.6 is 24.0 Å². The van der Waals surface area contributed by atoms with E-state index in [1.54, 1.807) is 0 Å². The van der Waals surface area contributed by atoms with Gasteiger partial charge in [-0.1, -0.05) is 6.92 Å². The molecule has 0 aliphatic carbocycles. The Morgan fingerprint density at radius 3 is 2.59 bits per heavy atom. The van der Waals surface area contributed by atoms with E-state index in [9.17, 15) is 8.42 Å². The second-order valence-electron chi connectivity index (χ2n) is 5.74. The van der Waals surface area contributed by atoms with Crippen LogP contribution in [0.4, 0.5) is 0 Å². The average molecular weight is 446 g/mol. The minimum Gasteiger partial charge on any atom is -0.357 e. The first-order chi connectivity index (χ1) is 9.88. The maximum atomic E-state index is 11.5. The molecule has 0 aromatic heterocycles. The Kier molecular flexibility index (Phi) is 10.6. The number of hydrogen-bond acceptors (Lipinski definition) is 4. The topological polar surface area (TPSA) is 73.8 Å². The fraction of sp³-hybridized carbons (Fsp3) is 0.929. The zero-order valence-electron chi connectivity index (χ0n) is 14.1. The Labute approximate surface area is 152 Å². The fourth-order valence-electron chi connectivity index (χ4n) is 2.27. The molecule has 2 N–H and O–H groups in total. The smallest absolute Gasteiger partial charge is 0.191 e. The van der Waals surface area contributed by atoms with Crippen LogP contribution in [0.1, 0.15) is 33.6 Å². The third-order valence-electron chi connectivity index (χ3n) is 3.98. The van der Waals surface area contributed by atoms with Crippen molar-refractivity contribution in [2.45, 2.75) is 45.7 Å². The average Bonchev–Trinajstić information content (AvgIpc) is 2.77. The number of guanidine groups is 1. The number of rotatable bonds is 7. The monoisotopic (exact) mass is 446 g/mol. The van der Waals surface area contributed by atoms with Crippen molar-refractivity contribution in [2.75, 3.05) is 38.2 Å². The molecule has 2 atom stereocenters. The van der Waals surface area contributed by atoms with Gasteiger partial charge >= 0.3 is 0 Å². The van der Waals surface area contributed by atoms with Crippen LogP contribution in [-0.2, 0) is 9.84 Å². The molecule has 0 bridgehead atoms. The number of nitrogens with one attached hydrogen (secondary N) is 2. The van der Waals surface area contributed by atoms with E-state index in [0.29, 0.717) is 19.0 Å². The first-order valence-electron chi connectivity index (χ1n) is 7.83. The predicted octanol–water partition coefficient (Wildman–Crippen LogP) is 1.08. The van der Waals surface area contributed by atoms with E-state index in [4.69, 9.17) is 0 Å². The molecule has 1 rings (SSSR count). The van der Waals surface area contributed by atoms with Gasteiger partial charge in [-0.15, -0.1) is 24.0 Å². The second-order valence-corrected chi connectivity index (χ2v) is 7.97. The van der Waals surface area contributed by atoms with Gasteiger partial charge in [0.15, 0.2) is 15.8 Å². The molecule has 1 aliphatic rings. The van der Waals surface area contributed by atoms with Gasteiger partial charge in [0.25, 0.3) is 0 Å². The molecule has 0 radical (unpaired) electrons. The molecule has 8 heteroatoms. The summed E-state index contributed by atoms with van der Waals surface area (Å²) < 4.78 is 23.0. The number of likely N-dealkylation sites (N-methyl/N-ethyl adjacent to an activating group) is 1. The lowest BCUT2D eigenvalue weighted by Crippen LogP contribution is -2.44. The third kappa shape index (κ3) is 7.96. The molecule has 6 nitrogen and oxygen atoms in total. The first-order valence-corrected chi connectivity index (χ1v) is 9.65. The van der Waals surface area contributed by atoms with Gasteiger partial charge in [0.1, 0.15) is 0 Å². The number of nitrogens with zero attached hydrogens (tertiary/aromatic N) is 2. The Bertz CT molecular complexity index is 442. The molecule has 132 valence electrons. The summed E-state index contributed by atoms with van der Waals surface area (Å²) >= 11 is 0. The molecular weight excluding hydrogens is 415 g/mol. The molecular formula is C14H31IN4O2S. The molecule has 1 aliphatic heterocycles. The van der Waals surface area contributed by atoms with E-state index in [0.717, 1.165) is 25.5 Å². The van der Waals surface area contributed by atoms with Crippen molar-refractivity contribution in [1.29, 1.82) is 0 Å². The normalized spacial score (nSPS) is 22.2. The molecule has 1 heterocycles. The number of hydrogen-bond donors (Lipinski definition) is 2. The van der Waals surface area contributed by atoms with Crippen LogP contribution in [0.5, 0.6) is 0 Å². The molecule has 0 saturated carbocycles. The van der Waals surface area contributed by atoms with Crippen molar-refractivity contribution in [2.24, 2.45) is 4.99 Å². The van der Waals surface area contributed by atoms with Gasteiger partial charge in [0, 0.05) is 25.2 Å². The predicted molar refractivity (Wildman–Crippen MR) is 104 cm³/mol. The van der Waals surface area contributed by atoms with E-state index in [1.807, 2.05) is 6.92 Å². The highest BCUT2D eigenvalue weighted by atomic mass is 127. The maximum absolute atomic E-state index is 11.5. The van der Waals surface area contributed by atoms with Gasteiger partial charge in [-0.25, -0.2) is 8.42 Å². The van der Waals surface area contributed by atoms with Gasteiger partial charge in [0.05, 0.1) is 18.1 Å². The molecule has 0 spiro atoms. The second kappa shape index (κ2) is 10.6. The molecule has 0 amide bonds. The SMILES string of the molecule is CCNC(=NCCN(C)C(C)CC)NC1CCS(=O)(=O)C1.I. The number of halogens is 1. The van der Waals surface area contributed by atoms with Crippen LogP contribution in [0.15, 0.2) is 4.99 Å². The Hall–Kier alpha value is -0.0900. The molecule has 0 aromatic rings. The Morgan fingerprint density at radius 1 is 1.41 bits per heavy atom. The van der Waals surface area contributed by atoms with Gasteiger partial charge < -0.3 is 15.5 Å². The van der Waals surface area contributed by atoms with Crippen molar-refractivity contribution >= 4 is 39.8 Å². The standard InChI is InChI=1S/C14H30N4O2S.HI/c1-5-12(3)18(4)9-8-16-14(15-6-2)17-13-7-10-21(19,20)11-13;/h12-13H,5-11H2,1-4H3,(H2,15,16,17);1H. The summed E-state index contributed by atoms with van der Waals surface area (Å²) in [7, 11) is -0.753. The van der Waals surface area contributed by atoms with Crippen molar-refractivity contribution in [3.05, 3.63) is 0 Å². The van der Waals surface area contributed by atoms with Crippen LogP contribution in [0.3, 0.4) is 0 Å². The summed E-state index contributed by atoms with van der Waals surface area (Å²) in [5.41, 5.74) is 0. The fourth-order valence-corrected chi connectivity index (χ4v) is 3.95. The van der Waals surface area contributed by atoms with Gasteiger partial charge in [0.2, 0.25) is 0 Å². The van der Waals surface area contributed by atoms with Gasteiger partial charge in [-0.05, 0) is 33.7 Å². The third-order valence-corrected chi connectivity index (χ3v) is 5.75. The van der Waals surface area contributed by atoms with E-state index in [2.05, 4.69) is 41.4 Å². The van der Waals surface area contributed by atoms with Gasteiger partial charge in [-0.3, -0.25) is 4.99 Å². The van der Waals surface area contributed by atoms with Crippen molar-refractivity contribution in [3.8, 4) is 0 Å². The zero-order valence-corrected chi connectivity index (χ0v) is 17.3. The highest BCUT2D eigenvalue weighted by Crippen LogP contribution is 2.10. The summed E-state index contributed by atoms with van der Waals surface area (Å²) in [5, 5.41) is 6.41. The molecule has 1 fully saturated rings. The molecule has 2 unspecified atom stereocenters. The minimum atomic E-state index is -2.86. The Balaban J connectivity index is 0.00000441. The quantitative estimate of drug-likeness (QED) is 0.348. The maximum Gasteiger partial charge on any atom is 0.191 e. The van der Waals surface area contributed by atoms with Crippen LogP contribution in [0, 0.1) is 0 Å². The zero-order chi connectivity index (χ0) is 15.9. The molecule has 1 saturated heterocycles. The summed E-state index contributed by atoms with van der Waals surface area (Å²) in [6.07, 6.45) is 1.79. The van der Waals surface area contributed by atoms with E-state index in [1.165, 1.54) is 0 Å². The lowest BCUT2D eigenvalue weighted by Gasteiger charge is -2.23. The summed E-state index contributed by atoms with van der Waals surface area (Å²) in [4.78, 5) is 6.82. The lowest BCUT2D eigenvalue weighted by atomic mass is 10.2. The van der Waals surface area contributed by atoms with Crippen molar-refractivity contribution in [3.63, 3.8) is 0 Å². The highest BCUT2D eigenvalue weighted by molar-refractivity contribution is 14.0. The van der Waals surface area contributed by atoms with Crippen molar-refractivity contribution in [1.82, 2.24) is 15.5 Å². The van der Waals surface area contributed by atoms with Crippen LogP contribution in [0.2, 0.25) is 0 Å². The van der Waals surface area contributed by atoms with Crippen LogP contribution in [0.25, 0.3) is 0 Å². The summed E-state index contributed by atoms with van der Waals surface area (Å²) in [6.45, 7) is 8.76. The van der Waals surface area contributed by atoms with Crippen LogP contribution < -0.4 is 10.6 Å². The summed E-state index contributed by atoms with van der Waals surface area (Å²) in [5.74, 6) is 1.21. The highest BCUT2D eigenvalue weighted by Gasteiger charge is 2.28. The van der Waals surface area contributed by atoms with Crippen LogP contribution in [-0.4, -0.2) is 69.5 Å². The Morgan fingerprint density at radius 2 is 2.09 bits per heavy atom. The minimum absolute atomic E-state index is 0. The summed E-state index contributed by atoms with van der Waals surface area (Å²) in [6, 6.07) is 0.538. The number of aliphatic imine (C=N–C) groups is 1. The molecule has 0 aromatic carbocycles. The van der Waals surface area contributed by atoms with Crippen molar-refractivity contribution < 1.29 is 8.42 Å². The lowest BCUT2D eigenvalue weighted by molar-refractivity contribution is 0.259. The molecule has 22 heavy (non-hydrogen) atoms. The van der Waals surface area contributed by atoms with E-state index in [-0.39, 0.29) is 41.5 Å². The first kappa shape index (κ1) is 21.9.